The Bertz CT molecular complexity index is 205. The van der Waals surface area contributed by atoms with E-state index >= 15 is 0 Å². The van der Waals surface area contributed by atoms with Crippen LogP contribution in [0.3, 0.4) is 0 Å². The Hall–Kier alpha value is -0.0800. The van der Waals surface area contributed by atoms with E-state index in [4.69, 9.17) is 5.73 Å². The molecule has 0 radical (unpaired) electrons. The normalized spacial score (nSPS) is 32.2. The number of hydrogen-bond acceptors (Lipinski definition) is 2. The summed E-state index contributed by atoms with van der Waals surface area (Å²) in [5.74, 6) is 1.65. The van der Waals surface area contributed by atoms with E-state index in [1.54, 1.807) is 0 Å². The molecule has 16 heavy (non-hydrogen) atoms. The zero-order valence-electron chi connectivity index (χ0n) is 11.6. The molecule has 3 unspecified atom stereocenters. The van der Waals surface area contributed by atoms with E-state index in [1.807, 2.05) is 0 Å². The molecule has 0 aliphatic heterocycles. The number of likely N-dealkylation sites (N-methyl/N-ethyl adjacent to an activating group) is 1. The largest absolute Gasteiger partial charge is 0.329 e. The summed E-state index contributed by atoms with van der Waals surface area (Å²) in [6.45, 7) is 12.5. The van der Waals surface area contributed by atoms with Crippen LogP contribution in [0.5, 0.6) is 0 Å². The first-order valence-corrected chi connectivity index (χ1v) is 7.03. The summed E-state index contributed by atoms with van der Waals surface area (Å²) in [4.78, 5) is 2.66. The van der Waals surface area contributed by atoms with E-state index in [-0.39, 0.29) is 0 Å². The first-order valence-electron chi connectivity index (χ1n) is 7.03. The van der Waals surface area contributed by atoms with Gasteiger partial charge in [0.15, 0.2) is 0 Å². The van der Waals surface area contributed by atoms with Gasteiger partial charge in [0.05, 0.1) is 0 Å². The highest BCUT2D eigenvalue weighted by Gasteiger charge is 2.40. The van der Waals surface area contributed by atoms with Crippen molar-refractivity contribution >= 4 is 0 Å². The van der Waals surface area contributed by atoms with E-state index in [0.29, 0.717) is 5.54 Å². The van der Waals surface area contributed by atoms with Gasteiger partial charge in [0.2, 0.25) is 0 Å². The average molecular weight is 226 g/mol. The van der Waals surface area contributed by atoms with Crippen LogP contribution in [0.25, 0.3) is 0 Å². The van der Waals surface area contributed by atoms with Crippen LogP contribution in [0.1, 0.15) is 53.4 Å². The van der Waals surface area contributed by atoms with Gasteiger partial charge in [-0.1, -0.05) is 34.1 Å². The van der Waals surface area contributed by atoms with Crippen LogP contribution in [-0.4, -0.2) is 30.1 Å². The highest BCUT2D eigenvalue weighted by Crippen LogP contribution is 2.38. The maximum atomic E-state index is 6.08. The number of nitrogens with two attached hydrogens (primary N) is 1. The van der Waals surface area contributed by atoms with E-state index < -0.39 is 0 Å². The van der Waals surface area contributed by atoms with Gasteiger partial charge in [-0.2, -0.15) is 0 Å². The van der Waals surface area contributed by atoms with Gasteiger partial charge >= 0.3 is 0 Å². The molecule has 96 valence electrons. The van der Waals surface area contributed by atoms with Crippen LogP contribution in [-0.2, 0) is 0 Å². The van der Waals surface area contributed by atoms with E-state index in [0.717, 1.165) is 24.9 Å². The van der Waals surface area contributed by atoms with Crippen molar-refractivity contribution in [3.05, 3.63) is 0 Å². The van der Waals surface area contributed by atoms with Gasteiger partial charge in [-0.15, -0.1) is 0 Å². The molecule has 2 nitrogen and oxygen atoms in total. The number of nitrogens with zero attached hydrogens (tertiary/aromatic N) is 1. The molecule has 1 saturated carbocycles. The molecule has 0 aromatic carbocycles. The Morgan fingerprint density at radius 1 is 1.44 bits per heavy atom. The second-order valence-corrected chi connectivity index (χ2v) is 5.83. The lowest BCUT2D eigenvalue weighted by Crippen LogP contribution is -2.53. The lowest BCUT2D eigenvalue weighted by molar-refractivity contribution is 0.0849. The lowest BCUT2D eigenvalue weighted by Gasteiger charge is -2.41. The summed E-state index contributed by atoms with van der Waals surface area (Å²) in [6.07, 6.45) is 5.23. The highest BCUT2D eigenvalue weighted by molar-refractivity contribution is 4.98. The summed E-state index contributed by atoms with van der Waals surface area (Å²) in [5, 5.41) is 0. The Morgan fingerprint density at radius 3 is 2.50 bits per heavy atom. The van der Waals surface area contributed by atoms with Crippen LogP contribution >= 0.6 is 0 Å². The van der Waals surface area contributed by atoms with Crippen molar-refractivity contribution in [2.24, 2.45) is 17.6 Å². The molecule has 0 spiro atoms. The van der Waals surface area contributed by atoms with Crippen LogP contribution < -0.4 is 5.73 Å². The fourth-order valence-electron chi connectivity index (χ4n) is 3.13. The van der Waals surface area contributed by atoms with Crippen molar-refractivity contribution in [1.82, 2.24) is 4.90 Å². The van der Waals surface area contributed by atoms with Crippen molar-refractivity contribution in [2.45, 2.75) is 58.9 Å². The second kappa shape index (κ2) is 6.02. The highest BCUT2D eigenvalue weighted by atomic mass is 15.2. The van der Waals surface area contributed by atoms with Crippen molar-refractivity contribution in [1.29, 1.82) is 0 Å². The van der Waals surface area contributed by atoms with Crippen molar-refractivity contribution in [3.63, 3.8) is 0 Å². The molecule has 1 rings (SSSR count). The Morgan fingerprint density at radius 2 is 2.12 bits per heavy atom. The predicted octanol–water partition coefficient (Wildman–Crippen LogP) is 2.87. The monoisotopic (exact) mass is 226 g/mol. The van der Waals surface area contributed by atoms with Crippen LogP contribution in [0.4, 0.5) is 0 Å². The number of hydrogen-bond donors (Lipinski definition) is 1. The molecule has 0 saturated heterocycles. The molecule has 0 heterocycles. The van der Waals surface area contributed by atoms with Gasteiger partial charge in [0.25, 0.3) is 0 Å². The standard InChI is InChI=1S/C14H30N2/c1-5-12(3)10-16(6-2)14(11-15)8-7-13(4)9-14/h12-13H,5-11,15H2,1-4H3. The summed E-state index contributed by atoms with van der Waals surface area (Å²) < 4.78 is 0. The predicted molar refractivity (Wildman–Crippen MR) is 71.5 cm³/mol. The molecule has 1 aliphatic rings. The smallest absolute Gasteiger partial charge is 0.0334 e. The lowest BCUT2D eigenvalue weighted by atomic mass is 9.92. The summed E-state index contributed by atoms with van der Waals surface area (Å²) >= 11 is 0. The van der Waals surface area contributed by atoms with Gasteiger partial charge in [-0.25, -0.2) is 0 Å². The average Bonchev–Trinajstić information content (AvgIpc) is 2.68. The van der Waals surface area contributed by atoms with Crippen molar-refractivity contribution < 1.29 is 0 Å². The molecule has 0 amide bonds. The van der Waals surface area contributed by atoms with Crippen molar-refractivity contribution in [3.8, 4) is 0 Å². The van der Waals surface area contributed by atoms with Gasteiger partial charge in [0, 0.05) is 18.6 Å². The summed E-state index contributed by atoms with van der Waals surface area (Å²) in [5.41, 5.74) is 6.40. The van der Waals surface area contributed by atoms with Gasteiger partial charge in [-0.05, 0) is 37.6 Å². The van der Waals surface area contributed by atoms with Crippen molar-refractivity contribution in [2.75, 3.05) is 19.6 Å². The fraction of sp³-hybridized carbons (Fsp3) is 1.00. The van der Waals surface area contributed by atoms with Crippen LogP contribution in [0.15, 0.2) is 0 Å². The van der Waals surface area contributed by atoms with E-state index in [1.165, 1.54) is 32.2 Å². The topological polar surface area (TPSA) is 29.3 Å². The molecule has 2 N–H and O–H groups in total. The van der Waals surface area contributed by atoms with Gasteiger partial charge in [0.1, 0.15) is 0 Å². The number of rotatable bonds is 6. The molecule has 1 aliphatic carbocycles. The maximum absolute atomic E-state index is 6.08. The first-order chi connectivity index (χ1) is 7.57. The van der Waals surface area contributed by atoms with E-state index in [2.05, 4.69) is 32.6 Å². The zero-order valence-corrected chi connectivity index (χ0v) is 11.6. The zero-order chi connectivity index (χ0) is 12.2. The maximum Gasteiger partial charge on any atom is 0.0334 e. The molecule has 2 heteroatoms. The second-order valence-electron chi connectivity index (χ2n) is 5.83. The quantitative estimate of drug-likeness (QED) is 0.754. The molecule has 1 fully saturated rings. The minimum Gasteiger partial charge on any atom is -0.329 e. The SMILES string of the molecule is CCC(C)CN(CC)C1(CN)CCC(C)C1. The minimum atomic E-state index is 0.317. The third-order valence-corrected chi connectivity index (χ3v) is 4.49. The molecule has 3 atom stereocenters. The van der Waals surface area contributed by atoms with Crippen LogP contribution in [0.2, 0.25) is 0 Å². The Balaban J connectivity index is 2.68. The first kappa shape index (κ1) is 14.0. The molecule has 0 aromatic heterocycles. The van der Waals surface area contributed by atoms with E-state index in [9.17, 15) is 0 Å². The molecular formula is C14H30N2. The third-order valence-electron chi connectivity index (χ3n) is 4.49. The molecular weight excluding hydrogens is 196 g/mol. The molecule has 0 aromatic rings. The third kappa shape index (κ3) is 2.98. The summed E-state index contributed by atoms with van der Waals surface area (Å²) in [6, 6.07) is 0. The summed E-state index contributed by atoms with van der Waals surface area (Å²) in [7, 11) is 0. The fourth-order valence-corrected chi connectivity index (χ4v) is 3.13. The Kier molecular flexibility index (Phi) is 5.26. The Labute approximate surface area is 102 Å². The van der Waals surface area contributed by atoms with Gasteiger partial charge < -0.3 is 5.73 Å². The van der Waals surface area contributed by atoms with Crippen LogP contribution in [0, 0.1) is 11.8 Å². The van der Waals surface area contributed by atoms with Gasteiger partial charge in [-0.3, -0.25) is 4.90 Å². The minimum absolute atomic E-state index is 0.317. The molecule has 0 bridgehead atoms.